The molecule has 6 aromatic rings. The molecule has 8 rings (SSSR count). The quantitative estimate of drug-likeness (QED) is 0.118. The lowest BCUT2D eigenvalue weighted by Gasteiger charge is -2.42. The second kappa shape index (κ2) is 19.6. The number of ether oxygens (including phenoxy) is 3. The second-order valence-corrected chi connectivity index (χ2v) is 16.5. The van der Waals surface area contributed by atoms with Gasteiger partial charge in [0, 0.05) is 30.9 Å². The maximum absolute atomic E-state index is 14.4. The average Bonchev–Trinajstić information content (AvgIpc) is 3.27. The minimum atomic E-state index is -1.12. The molecule has 2 aliphatic rings. The standard InChI is InChI=1S/C50H47Cl2N3O6.ClH/c1-4-44(35-8-6-5-7-9-35)55-27-38-26-47-46(60-29-48(61-47)36-15-17-39(18-16-36)59-28-33-12-19-41(51)42(52)22-33)25-37(38)24-45(55)49(56)54-43(50(57)58)23-32-10-13-34(14-11-32)40-20-21-53-31(3)30(40)2;/h5-22,25-26,43-45,48H,4,23-24,27-29H2,1-3H3,(H,54,56)(H,57,58);1H/t43?,44-,45-,48+;/m0./s1. The minimum absolute atomic E-state index is 0. The van der Waals surface area contributed by atoms with Gasteiger partial charge in [0.15, 0.2) is 17.6 Å². The van der Waals surface area contributed by atoms with E-state index in [1.165, 1.54) is 0 Å². The number of pyridine rings is 1. The summed E-state index contributed by atoms with van der Waals surface area (Å²) in [7, 11) is 0. The number of hydrogen-bond acceptors (Lipinski definition) is 7. The molecule has 12 heteroatoms. The maximum atomic E-state index is 14.4. The summed E-state index contributed by atoms with van der Waals surface area (Å²) in [6, 6.07) is 35.3. The lowest BCUT2D eigenvalue weighted by Crippen LogP contribution is -2.55. The van der Waals surface area contributed by atoms with Crippen LogP contribution in [0, 0.1) is 13.8 Å². The van der Waals surface area contributed by atoms with Gasteiger partial charge in [0.25, 0.3) is 0 Å². The number of nitrogens with zero attached hydrogens (tertiary/aromatic N) is 2. The van der Waals surface area contributed by atoms with E-state index in [0.717, 1.165) is 62.2 Å². The van der Waals surface area contributed by atoms with Crippen molar-refractivity contribution < 1.29 is 28.9 Å². The van der Waals surface area contributed by atoms with Crippen molar-refractivity contribution in [1.82, 2.24) is 15.2 Å². The van der Waals surface area contributed by atoms with Crippen molar-refractivity contribution in [2.75, 3.05) is 6.61 Å². The minimum Gasteiger partial charge on any atom is -0.489 e. The summed E-state index contributed by atoms with van der Waals surface area (Å²) in [6.07, 6.45) is 2.72. The molecule has 320 valence electrons. The Morgan fingerprint density at radius 3 is 2.32 bits per heavy atom. The fourth-order valence-electron chi connectivity index (χ4n) is 8.30. The fourth-order valence-corrected chi connectivity index (χ4v) is 8.62. The van der Waals surface area contributed by atoms with Crippen LogP contribution in [0.1, 0.15) is 70.1 Å². The summed E-state index contributed by atoms with van der Waals surface area (Å²) in [5, 5.41) is 14.3. The molecule has 1 amide bonds. The van der Waals surface area contributed by atoms with Gasteiger partial charge in [-0.05, 0) is 119 Å². The molecule has 62 heavy (non-hydrogen) atoms. The van der Waals surface area contributed by atoms with Crippen molar-refractivity contribution in [2.45, 2.75) is 77.4 Å². The highest BCUT2D eigenvalue weighted by Gasteiger charge is 2.39. The number of carboxylic acid groups (broad SMARTS) is 1. The number of carbonyl (C=O) groups excluding carboxylic acids is 1. The summed E-state index contributed by atoms with van der Waals surface area (Å²) in [5.41, 5.74) is 9.92. The van der Waals surface area contributed by atoms with Crippen LogP contribution in [0.15, 0.2) is 121 Å². The smallest absolute Gasteiger partial charge is 0.326 e. The molecular weight excluding hydrogens is 845 g/mol. The van der Waals surface area contributed by atoms with Crippen molar-refractivity contribution in [3.8, 4) is 28.4 Å². The van der Waals surface area contributed by atoms with E-state index in [-0.39, 0.29) is 36.9 Å². The lowest BCUT2D eigenvalue weighted by molar-refractivity contribution is -0.143. The molecule has 9 nitrogen and oxygen atoms in total. The Hall–Kier alpha value is -5.58. The molecule has 0 fully saturated rings. The molecular formula is C50H48Cl3N3O6. The summed E-state index contributed by atoms with van der Waals surface area (Å²) >= 11 is 12.2. The summed E-state index contributed by atoms with van der Waals surface area (Å²) in [4.78, 5) is 33.7. The van der Waals surface area contributed by atoms with E-state index in [0.29, 0.717) is 53.5 Å². The molecule has 2 aliphatic heterocycles. The third-order valence-corrected chi connectivity index (χ3v) is 12.5. The Morgan fingerprint density at radius 1 is 0.887 bits per heavy atom. The number of nitrogens with one attached hydrogen (secondary N) is 1. The number of carbonyl (C=O) groups is 2. The van der Waals surface area contributed by atoms with E-state index in [4.69, 9.17) is 37.4 Å². The van der Waals surface area contributed by atoms with Crippen LogP contribution in [0.3, 0.4) is 0 Å². The first kappa shape index (κ1) is 44.5. The molecule has 0 bridgehead atoms. The van der Waals surface area contributed by atoms with Crippen molar-refractivity contribution in [1.29, 1.82) is 0 Å². The van der Waals surface area contributed by atoms with Gasteiger partial charge in [-0.3, -0.25) is 14.7 Å². The normalized spacial score (nSPS) is 16.6. The molecule has 0 saturated heterocycles. The predicted molar refractivity (Wildman–Crippen MR) is 245 cm³/mol. The number of benzene rings is 5. The molecule has 0 spiro atoms. The topological polar surface area (TPSA) is 110 Å². The third-order valence-electron chi connectivity index (χ3n) is 11.8. The van der Waals surface area contributed by atoms with Crippen LogP contribution in [0.5, 0.6) is 17.2 Å². The predicted octanol–water partition coefficient (Wildman–Crippen LogP) is 10.9. The number of rotatable bonds is 13. The van der Waals surface area contributed by atoms with Crippen molar-refractivity contribution in [2.24, 2.45) is 0 Å². The molecule has 0 radical (unpaired) electrons. The number of fused-ring (bicyclic) bond motifs is 2. The number of carboxylic acids is 1. The Kier molecular flexibility index (Phi) is 14.1. The number of amides is 1. The molecule has 4 atom stereocenters. The van der Waals surface area contributed by atoms with Crippen molar-refractivity contribution in [3.05, 3.63) is 176 Å². The molecule has 3 heterocycles. The molecule has 0 aliphatic carbocycles. The van der Waals surface area contributed by atoms with Crippen molar-refractivity contribution in [3.63, 3.8) is 0 Å². The summed E-state index contributed by atoms with van der Waals surface area (Å²) in [5.74, 6) is 0.542. The van der Waals surface area contributed by atoms with E-state index >= 15 is 0 Å². The fraction of sp³-hybridized carbons (Fsp3) is 0.260. The molecule has 0 saturated carbocycles. The van der Waals surface area contributed by atoms with E-state index < -0.39 is 18.1 Å². The first-order chi connectivity index (χ1) is 29.5. The highest BCUT2D eigenvalue weighted by Crippen LogP contribution is 2.43. The monoisotopic (exact) mass is 891 g/mol. The van der Waals surface area contributed by atoms with Gasteiger partial charge in [-0.2, -0.15) is 0 Å². The van der Waals surface area contributed by atoms with Gasteiger partial charge >= 0.3 is 5.97 Å². The Balaban J connectivity index is 0.00000578. The van der Waals surface area contributed by atoms with Gasteiger partial charge in [-0.15, -0.1) is 12.4 Å². The first-order valence-electron chi connectivity index (χ1n) is 20.5. The second-order valence-electron chi connectivity index (χ2n) is 15.7. The van der Waals surface area contributed by atoms with Crippen LogP contribution in [-0.4, -0.2) is 45.6 Å². The molecule has 2 N–H and O–H groups in total. The number of aryl methyl sites for hydroxylation is 1. The Bertz CT molecular complexity index is 2540. The molecule has 5 aromatic carbocycles. The van der Waals surface area contributed by atoms with Gasteiger partial charge in [0.1, 0.15) is 25.0 Å². The number of aromatic nitrogens is 1. The summed E-state index contributed by atoms with van der Waals surface area (Å²) in [6.45, 7) is 7.25. The molecule has 1 aromatic heterocycles. The zero-order valence-corrected chi connectivity index (χ0v) is 37.0. The van der Waals surface area contributed by atoms with Crippen LogP contribution in [0.25, 0.3) is 11.1 Å². The number of aliphatic carboxylic acids is 1. The summed E-state index contributed by atoms with van der Waals surface area (Å²) < 4.78 is 18.9. The zero-order valence-electron chi connectivity index (χ0n) is 34.6. The number of hydrogen-bond donors (Lipinski definition) is 2. The van der Waals surface area contributed by atoms with Gasteiger partial charge in [0.05, 0.1) is 16.1 Å². The van der Waals surface area contributed by atoms with Crippen LogP contribution < -0.4 is 19.5 Å². The van der Waals surface area contributed by atoms with Gasteiger partial charge in [-0.25, -0.2) is 4.79 Å². The zero-order chi connectivity index (χ0) is 42.6. The third kappa shape index (κ3) is 9.87. The molecule has 1 unspecified atom stereocenters. The van der Waals surface area contributed by atoms with E-state index in [1.807, 2.05) is 105 Å². The Labute approximate surface area is 378 Å². The first-order valence-corrected chi connectivity index (χ1v) is 21.3. The van der Waals surface area contributed by atoms with Crippen LogP contribution in [0.4, 0.5) is 0 Å². The van der Waals surface area contributed by atoms with E-state index in [2.05, 4.69) is 34.3 Å². The highest BCUT2D eigenvalue weighted by atomic mass is 35.5. The largest absolute Gasteiger partial charge is 0.489 e. The van der Waals surface area contributed by atoms with Crippen LogP contribution >= 0.6 is 35.6 Å². The van der Waals surface area contributed by atoms with Crippen molar-refractivity contribution >= 4 is 47.5 Å². The lowest BCUT2D eigenvalue weighted by atomic mass is 9.89. The SMILES string of the molecule is CC[C@@H](c1ccccc1)N1Cc2cc3c(cc2C[C@H]1C(=O)NC(Cc1ccc(-c2ccnc(C)c2C)cc1)C(=O)O)OC[C@H](c1ccc(OCc2ccc(Cl)c(Cl)c2)cc1)O3.Cl. The average molecular weight is 893 g/mol. The maximum Gasteiger partial charge on any atom is 0.326 e. The van der Waals surface area contributed by atoms with Crippen LogP contribution in [0.2, 0.25) is 10.0 Å². The number of halogens is 3. The van der Waals surface area contributed by atoms with Gasteiger partial charge < -0.3 is 24.6 Å². The van der Waals surface area contributed by atoms with Crippen LogP contribution in [-0.2, 0) is 35.6 Å². The van der Waals surface area contributed by atoms with E-state index in [9.17, 15) is 14.7 Å². The highest BCUT2D eigenvalue weighted by molar-refractivity contribution is 6.42. The Morgan fingerprint density at radius 2 is 1.61 bits per heavy atom. The van der Waals surface area contributed by atoms with E-state index in [1.54, 1.807) is 18.3 Å². The van der Waals surface area contributed by atoms with Gasteiger partial charge in [0.2, 0.25) is 5.91 Å². The van der Waals surface area contributed by atoms with Gasteiger partial charge in [-0.1, -0.05) is 103 Å².